The van der Waals surface area contributed by atoms with Crippen molar-refractivity contribution in [3.8, 4) is 11.8 Å². The van der Waals surface area contributed by atoms with Crippen LogP contribution in [0, 0.1) is 11.3 Å². The molecule has 0 fully saturated rings. The maximum atomic E-state index is 12.2. The van der Waals surface area contributed by atoms with Gasteiger partial charge in [-0.3, -0.25) is 9.59 Å². The molecular weight excluding hydrogens is 342 g/mol. The average molecular weight is 365 g/mol. The highest BCUT2D eigenvalue weighted by molar-refractivity contribution is 5.92. The number of anilines is 1. The van der Waals surface area contributed by atoms with Crippen LogP contribution in [-0.2, 0) is 22.6 Å². The highest BCUT2D eigenvalue weighted by atomic mass is 16.5. The topological polar surface area (TPSA) is 91.2 Å². The van der Waals surface area contributed by atoms with E-state index in [1.807, 2.05) is 30.3 Å². The summed E-state index contributed by atoms with van der Waals surface area (Å²) in [6, 6.07) is 16.7. The molecule has 0 saturated heterocycles. The minimum absolute atomic E-state index is 0.109. The van der Waals surface area contributed by atoms with Crippen LogP contribution in [0.5, 0.6) is 5.75 Å². The van der Waals surface area contributed by atoms with Crippen molar-refractivity contribution in [1.29, 1.82) is 5.26 Å². The number of nitrogens with one attached hydrogen (secondary N) is 2. The van der Waals surface area contributed by atoms with Crippen molar-refractivity contribution in [2.75, 3.05) is 11.9 Å². The number of carbonyl (C=O) groups is 2. The van der Waals surface area contributed by atoms with Gasteiger partial charge < -0.3 is 15.4 Å². The molecule has 0 saturated carbocycles. The molecule has 0 spiro atoms. The minimum Gasteiger partial charge on any atom is -0.484 e. The lowest BCUT2D eigenvalue weighted by Gasteiger charge is -2.12. The number of carbonyl (C=O) groups excluding carboxylic acids is 2. The molecule has 2 aromatic rings. The summed E-state index contributed by atoms with van der Waals surface area (Å²) in [6.45, 7) is 2.25. The predicted octanol–water partition coefficient (Wildman–Crippen LogP) is 3.19. The van der Waals surface area contributed by atoms with Crippen LogP contribution >= 0.6 is 0 Å². The van der Waals surface area contributed by atoms with Crippen molar-refractivity contribution in [3.63, 3.8) is 0 Å². The van der Waals surface area contributed by atoms with Crippen molar-refractivity contribution < 1.29 is 14.3 Å². The van der Waals surface area contributed by atoms with E-state index >= 15 is 0 Å². The first kappa shape index (κ1) is 20.0. The van der Waals surface area contributed by atoms with E-state index < -0.39 is 0 Å². The molecule has 0 unspecified atom stereocenters. The summed E-state index contributed by atoms with van der Waals surface area (Å²) in [5, 5.41) is 14.0. The number of benzene rings is 2. The Labute approximate surface area is 159 Å². The van der Waals surface area contributed by atoms with Gasteiger partial charge in [0.25, 0.3) is 5.91 Å². The van der Waals surface area contributed by atoms with Crippen molar-refractivity contribution in [2.45, 2.75) is 32.7 Å². The molecule has 0 radical (unpaired) electrons. The van der Waals surface area contributed by atoms with Crippen molar-refractivity contribution in [2.24, 2.45) is 0 Å². The SMILES string of the molecule is CCCc1ccc(OCC(=O)Nc2ccccc2CNC(=O)CC#N)cc1. The minimum atomic E-state index is -0.353. The molecule has 0 aliphatic carbocycles. The summed E-state index contributed by atoms with van der Waals surface area (Å²) < 4.78 is 5.53. The highest BCUT2D eigenvalue weighted by Gasteiger charge is 2.09. The molecule has 2 aromatic carbocycles. The van der Waals surface area contributed by atoms with E-state index in [0.717, 1.165) is 18.4 Å². The predicted molar refractivity (Wildman–Crippen MR) is 103 cm³/mol. The summed E-state index contributed by atoms with van der Waals surface area (Å²) in [6.07, 6.45) is 1.90. The summed E-state index contributed by atoms with van der Waals surface area (Å²) in [5.41, 5.74) is 2.59. The van der Waals surface area contributed by atoms with E-state index in [2.05, 4.69) is 17.6 Å². The number of aryl methyl sites for hydroxylation is 1. The molecule has 0 bridgehead atoms. The molecule has 0 atom stereocenters. The third-order valence-electron chi connectivity index (χ3n) is 3.84. The number of ether oxygens (including phenoxy) is 1. The standard InChI is InChI=1S/C21H23N3O3/c1-2-5-16-8-10-18(11-9-16)27-15-21(26)24-19-7-4-3-6-17(19)14-23-20(25)12-13-22/h3-4,6-11H,2,5,12,14-15H2,1H3,(H,23,25)(H,24,26). The van der Waals surface area contributed by atoms with Gasteiger partial charge in [-0.1, -0.05) is 43.7 Å². The number of hydrogen-bond donors (Lipinski definition) is 2. The number of nitrogens with zero attached hydrogens (tertiary/aromatic N) is 1. The Bertz CT molecular complexity index is 810. The van der Waals surface area contributed by atoms with Crippen molar-refractivity contribution in [1.82, 2.24) is 5.32 Å². The van der Waals surface area contributed by atoms with Crippen LogP contribution in [0.2, 0.25) is 0 Å². The molecule has 6 heteroatoms. The van der Waals surface area contributed by atoms with Crippen LogP contribution in [0.25, 0.3) is 0 Å². The molecule has 2 N–H and O–H groups in total. The third-order valence-corrected chi connectivity index (χ3v) is 3.84. The van der Waals surface area contributed by atoms with Gasteiger partial charge in [-0.2, -0.15) is 5.26 Å². The van der Waals surface area contributed by atoms with E-state index in [4.69, 9.17) is 10.00 Å². The summed E-state index contributed by atoms with van der Waals surface area (Å²) in [7, 11) is 0. The van der Waals surface area contributed by atoms with Gasteiger partial charge in [-0.15, -0.1) is 0 Å². The Morgan fingerprint density at radius 3 is 2.52 bits per heavy atom. The number of para-hydroxylation sites is 1. The van der Waals surface area contributed by atoms with E-state index in [0.29, 0.717) is 11.4 Å². The highest BCUT2D eigenvalue weighted by Crippen LogP contribution is 2.16. The Kier molecular flexibility index (Phi) is 7.86. The quantitative estimate of drug-likeness (QED) is 0.714. The van der Waals surface area contributed by atoms with E-state index in [1.165, 1.54) is 5.56 Å². The number of nitriles is 1. The van der Waals surface area contributed by atoms with Gasteiger partial charge in [0.1, 0.15) is 12.2 Å². The molecule has 27 heavy (non-hydrogen) atoms. The second-order valence-corrected chi connectivity index (χ2v) is 6.00. The lowest BCUT2D eigenvalue weighted by Crippen LogP contribution is -2.24. The molecule has 6 nitrogen and oxygen atoms in total. The summed E-state index contributed by atoms with van der Waals surface area (Å²) in [4.78, 5) is 23.6. The third kappa shape index (κ3) is 6.83. The van der Waals surface area contributed by atoms with Gasteiger partial charge >= 0.3 is 0 Å². The van der Waals surface area contributed by atoms with Crippen molar-refractivity contribution >= 4 is 17.5 Å². The first-order valence-electron chi connectivity index (χ1n) is 8.85. The van der Waals surface area contributed by atoms with E-state index in [-0.39, 0.29) is 31.4 Å². The second kappa shape index (κ2) is 10.6. The van der Waals surface area contributed by atoms with Crippen LogP contribution in [0.4, 0.5) is 5.69 Å². The van der Waals surface area contributed by atoms with Gasteiger partial charge in [0.15, 0.2) is 6.61 Å². The molecule has 0 aliphatic heterocycles. The number of rotatable bonds is 9. The van der Waals surface area contributed by atoms with Crippen LogP contribution in [0.15, 0.2) is 48.5 Å². The van der Waals surface area contributed by atoms with Gasteiger partial charge in [0.05, 0.1) is 6.07 Å². The molecule has 2 rings (SSSR count). The van der Waals surface area contributed by atoms with E-state index in [9.17, 15) is 9.59 Å². The zero-order valence-corrected chi connectivity index (χ0v) is 15.3. The first-order valence-corrected chi connectivity index (χ1v) is 8.85. The van der Waals surface area contributed by atoms with Gasteiger partial charge in [-0.05, 0) is 35.7 Å². The Hall–Kier alpha value is -3.33. The van der Waals surface area contributed by atoms with Crippen LogP contribution in [0.1, 0.15) is 30.9 Å². The van der Waals surface area contributed by atoms with Gasteiger partial charge in [0, 0.05) is 12.2 Å². The lowest BCUT2D eigenvalue weighted by atomic mass is 10.1. The maximum Gasteiger partial charge on any atom is 0.262 e. The molecule has 0 aliphatic rings. The molecule has 2 amide bonds. The summed E-state index contributed by atoms with van der Waals surface area (Å²) in [5.74, 6) is -0.000950. The van der Waals surface area contributed by atoms with Crippen LogP contribution in [0.3, 0.4) is 0 Å². The normalized spacial score (nSPS) is 9.93. The fourth-order valence-electron chi connectivity index (χ4n) is 2.50. The zero-order valence-electron chi connectivity index (χ0n) is 15.3. The Morgan fingerprint density at radius 1 is 1.07 bits per heavy atom. The van der Waals surface area contributed by atoms with Crippen LogP contribution < -0.4 is 15.4 Å². The van der Waals surface area contributed by atoms with Crippen molar-refractivity contribution in [3.05, 3.63) is 59.7 Å². The maximum absolute atomic E-state index is 12.2. The monoisotopic (exact) mass is 365 g/mol. The average Bonchev–Trinajstić information content (AvgIpc) is 2.67. The Morgan fingerprint density at radius 2 is 1.81 bits per heavy atom. The zero-order chi connectivity index (χ0) is 19.5. The Balaban J connectivity index is 1.88. The van der Waals surface area contributed by atoms with Gasteiger partial charge in [-0.25, -0.2) is 0 Å². The molecular formula is C21H23N3O3. The largest absolute Gasteiger partial charge is 0.484 e. The fraction of sp³-hybridized carbons (Fsp3) is 0.286. The van der Waals surface area contributed by atoms with E-state index in [1.54, 1.807) is 24.3 Å². The lowest BCUT2D eigenvalue weighted by molar-refractivity contribution is -0.120. The number of hydrogen-bond acceptors (Lipinski definition) is 4. The molecule has 140 valence electrons. The summed E-state index contributed by atoms with van der Waals surface area (Å²) >= 11 is 0. The molecule has 0 aromatic heterocycles. The van der Waals surface area contributed by atoms with Gasteiger partial charge in [0.2, 0.25) is 5.91 Å². The smallest absolute Gasteiger partial charge is 0.262 e. The first-order chi connectivity index (χ1) is 13.1. The fourth-order valence-corrected chi connectivity index (χ4v) is 2.50. The number of amides is 2. The van der Waals surface area contributed by atoms with Crippen LogP contribution in [-0.4, -0.2) is 18.4 Å². The molecule has 0 heterocycles. The second-order valence-electron chi connectivity index (χ2n) is 6.00.